The van der Waals surface area contributed by atoms with Gasteiger partial charge in [-0.05, 0) is 72.7 Å². The monoisotopic (exact) mass is 564 g/mol. The first kappa shape index (κ1) is 30.9. The molecular formula is C33H34FN2NaO4. The van der Waals surface area contributed by atoms with Crippen LogP contribution in [0, 0.1) is 5.82 Å². The zero-order valence-electron chi connectivity index (χ0n) is 22.2. The van der Waals surface area contributed by atoms with E-state index in [1.54, 1.807) is 29.0 Å². The standard InChI is InChI=1S/C33H33FN2O4.Na.H/c34-26-13-15-27(16-14-26)36-31(18-17-28(37)20-29(38)21-32(39)40)30-8-4-7-25(33(30)35-36)19-22-9-11-24(12-10-22)23-5-2-1-3-6-23;;/h1-3,5-6,9-18,25,28-29,37-38H,4,7-8,19-21H2,(H,39,40);;/b18-17+;;. The number of benzene rings is 3. The Labute approximate surface area is 261 Å². The number of aliphatic hydroxyl groups excluding tert-OH is 2. The number of carboxylic acids is 1. The summed E-state index contributed by atoms with van der Waals surface area (Å²) < 4.78 is 15.5. The van der Waals surface area contributed by atoms with E-state index in [0.29, 0.717) is 5.69 Å². The zero-order chi connectivity index (χ0) is 28.1. The first-order chi connectivity index (χ1) is 19.4. The first-order valence-electron chi connectivity index (χ1n) is 13.7. The van der Waals surface area contributed by atoms with Crippen LogP contribution in [0.4, 0.5) is 4.39 Å². The van der Waals surface area contributed by atoms with Gasteiger partial charge in [0, 0.05) is 17.9 Å². The summed E-state index contributed by atoms with van der Waals surface area (Å²) in [6, 6.07) is 25.1. The molecule has 5 rings (SSSR count). The van der Waals surface area contributed by atoms with Gasteiger partial charge in [0.1, 0.15) is 5.82 Å². The van der Waals surface area contributed by atoms with Crippen molar-refractivity contribution < 1.29 is 24.5 Å². The number of carboxylic acid groups (broad SMARTS) is 1. The number of aliphatic carboxylic acids is 1. The third kappa shape index (κ3) is 7.82. The van der Waals surface area contributed by atoms with Crippen molar-refractivity contribution in [3.63, 3.8) is 0 Å². The molecule has 3 N–H and O–H groups in total. The normalized spacial score (nSPS) is 16.1. The molecule has 0 radical (unpaired) electrons. The van der Waals surface area contributed by atoms with Crippen molar-refractivity contribution in [3.05, 3.63) is 113 Å². The second-order valence-electron chi connectivity index (χ2n) is 10.4. The second-order valence-corrected chi connectivity index (χ2v) is 10.4. The Morgan fingerprint density at radius 1 is 1.00 bits per heavy atom. The molecule has 1 heterocycles. The molecule has 8 heteroatoms. The van der Waals surface area contributed by atoms with Crippen LogP contribution in [0.15, 0.2) is 84.9 Å². The van der Waals surface area contributed by atoms with Gasteiger partial charge >= 0.3 is 35.5 Å². The van der Waals surface area contributed by atoms with Gasteiger partial charge in [-0.3, -0.25) is 4.79 Å². The van der Waals surface area contributed by atoms with Crippen molar-refractivity contribution in [1.82, 2.24) is 9.78 Å². The number of aliphatic hydroxyl groups is 2. The summed E-state index contributed by atoms with van der Waals surface area (Å²) in [5, 5.41) is 34.3. The summed E-state index contributed by atoms with van der Waals surface area (Å²) in [6.07, 6.45) is 4.33. The minimum atomic E-state index is -1.15. The summed E-state index contributed by atoms with van der Waals surface area (Å²) in [5.41, 5.74) is 7.20. The van der Waals surface area contributed by atoms with E-state index < -0.39 is 24.6 Å². The molecule has 4 aromatic rings. The van der Waals surface area contributed by atoms with Gasteiger partial charge in [-0.15, -0.1) is 0 Å². The van der Waals surface area contributed by atoms with Crippen LogP contribution in [-0.4, -0.2) is 72.8 Å². The summed E-state index contributed by atoms with van der Waals surface area (Å²) in [5.74, 6) is -1.24. The number of hydrogen-bond donors (Lipinski definition) is 3. The molecule has 0 saturated carbocycles. The molecule has 0 aliphatic heterocycles. The Hall–Kier alpha value is -3.07. The molecule has 1 aliphatic rings. The molecule has 6 nitrogen and oxygen atoms in total. The fourth-order valence-electron chi connectivity index (χ4n) is 5.47. The number of fused-ring (bicyclic) bond motifs is 1. The van der Waals surface area contributed by atoms with E-state index in [0.717, 1.165) is 42.6 Å². The molecule has 0 saturated heterocycles. The number of carbonyl (C=O) groups is 1. The average molecular weight is 565 g/mol. The molecule has 0 bridgehead atoms. The summed E-state index contributed by atoms with van der Waals surface area (Å²) >= 11 is 0. The molecule has 0 fully saturated rings. The molecule has 1 aromatic heterocycles. The van der Waals surface area contributed by atoms with Crippen molar-refractivity contribution in [1.29, 1.82) is 0 Å². The van der Waals surface area contributed by atoms with Crippen LogP contribution in [-0.2, 0) is 17.6 Å². The summed E-state index contributed by atoms with van der Waals surface area (Å²) in [6.45, 7) is 0. The molecular weight excluding hydrogens is 530 g/mol. The van der Waals surface area contributed by atoms with Gasteiger partial charge in [0.15, 0.2) is 0 Å². The Kier molecular flexibility index (Phi) is 10.7. The zero-order valence-corrected chi connectivity index (χ0v) is 22.2. The predicted octanol–water partition coefficient (Wildman–Crippen LogP) is 5.29. The van der Waals surface area contributed by atoms with Crippen LogP contribution >= 0.6 is 0 Å². The molecule has 3 aromatic carbocycles. The van der Waals surface area contributed by atoms with Gasteiger partial charge in [-0.1, -0.05) is 60.7 Å². The number of nitrogens with zero attached hydrogens (tertiary/aromatic N) is 2. The molecule has 3 unspecified atom stereocenters. The van der Waals surface area contributed by atoms with Crippen LogP contribution < -0.4 is 0 Å². The van der Waals surface area contributed by atoms with Crippen LogP contribution in [0.5, 0.6) is 0 Å². The molecule has 1 aliphatic carbocycles. The Morgan fingerprint density at radius 3 is 2.37 bits per heavy atom. The minimum absolute atomic E-state index is 0. The SMILES string of the molecule is O=C(O)CC(O)CC(O)/C=C/c1c2c(nn1-c1ccc(F)cc1)C(Cc1ccc(-c3ccccc3)cc1)CCC2.[NaH]. The van der Waals surface area contributed by atoms with E-state index in [1.807, 2.05) is 18.2 Å². The number of halogens is 1. The van der Waals surface area contributed by atoms with Crippen molar-refractivity contribution in [3.8, 4) is 16.8 Å². The van der Waals surface area contributed by atoms with Crippen molar-refractivity contribution in [2.75, 3.05) is 0 Å². The van der Waals surface area contributed by atoms with Crippen molar-refractivity contribution in [2.24, 2.45) is 0 Å². The van der Waals surface area contributed by atoms with Gasteiger partial charge in [0.05, 0.1) is 35.7 Å². The number of aromatic nitrogens is 2. The first-order valence-corrected chi connectivity index (χ1v) is 13.7. The van der Waals surface area contributed by atoms with Crippen molar-refractivity contribution in [2.45, 2.75) is 56.7 Å². The van der Waals surface area contributed by atoms with Gasteiger partial charge in [0.2, 0.25) is 0 Å². The van der Waals surface area contributed by atoms with E-state index >= 15 is 0 Å². The predicted molar refractivity (Wildman–Crippen MR) is 160 cm³/mol. The molecule has 208 valence electrons. The van der Waals surface area contributed by atoms with Crippen LogP contribution in [0.3, 0.4) is 0 Å². The fraction of sp³-hybridized carbons (Fsp3) is 0.273. The Bertz CT molecular complexity index is 1470. The fourth-order valence-corrected chi connectivity index (χ4v) is 5.47. The second kappa shape index (κ2) is 14.2. The van der Waals surface area contributed by atoms with E-state index in [9.17, 15) is 19.4 Å². The van der Waals surface area contributed by atoms with Gasteiger partial charge < -0.3 is 15.3 Å². The maximum absolute atomic E-state index is 13.7. The van der Waals surface area contributed by atoms with Gasteiger partial charge in [-0.25, -0.2) is 9.07 Å². The Morgan fingerprint density at radius 2 is 1.68 bits per heavy atom. The van der Waals surface area contributed by atoms with Crippen LogP contribution in [0.25, 0.3) is 22.9 Å². The topological polar surface area (TPSA) is 95.6 Å². The molecule has 41 heavy (non-hydrogen) atoms. The molecule has 0 spiro atoms. The van der Waals surface area contributed by atoms with Crippen molar-refractivity contribution >= 4 is 41.6 Å². The van der Waals surface area contributed by atoms with E-state index in [2.05, 4.69) is 36.4 Å². The van der Waals surface area contributed by atoms with E-state index in [4.69, 9.17) is 10.2 Å². The maximum atomic E-state index is 13.7. The quantitative estimate of drug-likeness (QED) is 0.228. The van der Waals surface area contributed by atoms with E-state index in [-0.39, 0.29) is 47.7 Å². The third-order valence-corrected chi connectivity index (χ3v) is 7.43. The summed E-state index contributed by atoms with van der Waals surface area (Å²) in [4.78, 5) is 10.9. The van der Waals surface area contributed by atoms with Crippen LogP contribution in [0.1, 0.15) is 54.1 Å². The number of hydrogen-bond acceptors (Lipinski definition) is 4. The number of rotatable bonds is 10. The average Bonchev–Trinajstić information content (AvgIpc) is 3.32. The van der Waals surface area contributed by atoms with E-state index in [1.165, 1.54) is 28.8 Å². The van der Waals surface area contributed by atoms with Gasteiger partial charge in [-0.2, -0.15) is 5.10 Å². The third-order valence-electron chi connectivity index (χ3n) is 7.43. The molecule has 3 atom stereocenters. The summed E-state index contributed by atoms with van der Waals surface area (Å²) in [7, 11) is 0. The Balaban J connectivity index is 0.00000387. The van der Waals surface area contributed by atoms with Gasteiger partial charge in [0.25, 0.3) is 0 Å². The molecule has 0 amide bonds. The van der Waals surface area contributed by atoms with Crippen LogP contribution in [0.2, 0.25) is 0 Å².